The Hall–Kier alpha value is -1.30. The molecule has 1 heterocycles. The summed E-state index contributed by atoms with van der Waals surface area (Å²) in [6, 6.07) is 7.65. The Morgan fingerprint density at radius 2 is 2.05 bits per heavy atom. The van der Waals surface area contributed by atoms with Gasteiger partial charge in [-0.3, -0.25) is 15.1 Å². The predicted octanol–water partition coefficient (Wildman–Crippen LogP) is 0.840. The van der Waals surface area contributed by atoms with Crippen molar-refractivity contribution in [1.82, 2.24) is 10.3 Å². The molecular weight excluding hydrogens is 264 g/mol. The van der Waals surface area contributed by atoms with Crippen LogP contribution in [0.3, 0.4) is 0 Å². The van der Waals surface area contributed by atoms with Gasteiger partial charge >= 0.3 is 0 Å². The number of carbonyl (C=O) groups excluding carboxylic acids is 1. The molecule has 1 amide bonds. The lowest BCUT2D eigenvalue weighted by Crippen LogP contribution is -2.54. The minimum atomic E-state index is -0.188. The maximum atomic E-state index is 11.5. The van der Waals surface area contributed by atoms with Crippen LogP contribution in [0.5, 0.6) is 0 Å². The van der Waals surface area contributed by atoms with Gasteiger partial charge in [0.05, 0.1) is 6.04 Å². The van der Waals surface area contributed by atoms with Gasteiger partial charge in [0.1, 0.15) is 0 Å². The third-order valence-electron chi connectivity index (χ3n) is 3.56. The van der Waals surface area contributed by atoms with E-state index in [4.69, 9.17) is 17.4 Å². The second-order valence-corrected chi connectivity index (χ2v) is 5.12. The van der Waals surface area contributed by atoms with Crippen molar-refractivity contribution in [2.24, 2.45) is 5.84 Å². The normalized spacial score (nSPS) is 18.2. The summed E-state index contributed by atoms with van der Waals surface area (Å²) in [7, 11) is 0. The molecule has 1 fully saturated rings. The third-order valence-corrected chi connectivity index (χ3v) is 3.79. The van der Waals surface area contributed by atoms with E-state index in [9.17, 15) is 4.79 Å². The topological polar surface area (TPSA) is 61.6 Å². The van der Waals surface area contributed by atoms with Crippen LogP contribution in [0.15, 0.2) is 24.3 Å². The van der Waals surface area contributed by atoms with E-state index in [-0.39, 0.29) is 11.9 Å². The number of hydrogen-bond acceptors (Lipinski definition) is 4. The van der Waals surface area contributed by atoms with Crippen LogP contribution in [0.4, 0.5) is 5.69 Å². The lowest BCUT2D eigenvalue weighted by Gasteiger charge is -2.38. The zero-order valence-electron chi connectivity index (χ0n) is 11.0. The van der Waals surface area contributed by atoms with Crippen LogP contribution in [-0.4, -0.2) is 43.0 Å². The van der Waals surface area contributed by atoms with E-state index in [0.29, 0.717) is 0 Å². The molecule has 1 unspecified atom stereocenters. The number of amides is 1. The number of hydrogen-bond donors (Lipinski definition) is 2. The van der Waals surface area contributed by atoms with Crippen molar-refractivity contribution in [3.63, 3.8) is 0 Å². The molecule has 1 aromatic rings. The monoisotopic (exact) mass is 282 g/mol. The number of nitrogens with zero attached hydrogens (tertiary/aromatic N) is 2. The highest BCUT2D eigenvalue weighted by Crippen LogP contribution is 2.21. The molecule has 19 heavy (non-hydrogen) atoms. The van der Waals surface area contributed by atoms with Gasteiger partial charge in [0.25, 0.3) is 5.91 Å². The van der Waals surface area contributed by atoms with Crippen molar-refractivity contribution in [3.8, 4) is 0 Å². The maximum Gasteiger partial charge on any atom is 0.250 e. The Balaban J connectivity index is 1.94. The van der Waals surface area contributed by atoms with Gasteiger partial charge in [-0.05, 0) is 25.1 Å². The second kappa shape index (κ2) is 6.23. The Morgan fingerprint density at radius 1 is 1.37 bits per heavy atom. The number of anilines is 1. The van der Waals surface area contributed by atoms with Crippen molar-refractivity contribution in [2.45, 2.75) is 13.0 Å². The molecule has 0 radical (unpaired) electrons. The van der Waals surface area contributed by atoms with Crippen LogP contribution in [0.25, 0.3) is 0 Å². The summed E-state index contributed by atoms with van der Waals surface area (Å²) in [6.45, 7) is 5.30. The van der Waals surface area contributed by atoms with Gasteiger partial charge in [0.15, 0.2) is 0 Å². The van der Waals surface area contributed by atoms with Crippen LogP contribution in [0.1, 0.15) is 6.92 Å². The number of benzene rings is 1. The fraction of sp³-hybridized carbons (Fsp3) is 0.462. The summed E-state index contributed by atoms with van der Waals surface area (Å²) in [5.41, 5.74) is 3.33. The summed E-state index contributed by atoms with van der Waals surface area (Å²) >= 11 is 6.00. The summed E-state index contributed by atoms with van der Waals surface area (Å²) < 4.78 is 0. The Bertz CT molecular complexity index is 446. The lowest BCUT2D eigenvalue weighted by molar-refractivity contribution is -0.126. The minimum absolute atomic E-state index is 0.142. The number of nitrogens with two attached hydrogens (primary N) is 1. The first-order valence-corrected chi connectivity index (χ1v) is 6.74. The fourth-order valence-electron chi connectivity index (χ4n) is 2.33. The van der Waals surface area contributed by atoms with Crippen LogP contribution >= 0.6 is 11.6 Å². The second-order valence-electron chi connectivity index (χ2n) is 4.69. The molecule has 0 aromatic heterocycles. The fourth-order valence-corrected chi connectivity index (χ4v) is 2.51. The average Bonchev–Trinajstić information content (AvgIpc) is 2.46. The Kier molecular flexibility index (Phi) is 4.63. The summed E-state index contributed by atoms with van der Waals surface area (Å²) in [4.78, 5) is 15.9. The molecule has 6 heteroatoms. The van der Waals surface area contributed by atoms with Crippen molar-refractivity contribution >= 4 is 23.2 Å². The highest BCUT2D eigenvalue weighted by molar-refractivity contribution is 6.30. The standard InChI is InChI=1S/C13H19ClN4O/c1-10(13(19)16-15)17-5-7-18(8-6-17)12-4-2-3-11(14)9-12/h2-4,9-10H,5-8,15H2,1H3,(H,16,19). The van der Waals surface area contributed by atoms with E-state index >= 15 is 0 Å². The first-order chi connectivity index (χ1) is 9.11. The SMILES string of the molecule is CC(C(=O)NN)N1CCN(c2cccc(Cl)c2)CC1. The third kappa shape index (κ3) is 3.37. The molecule has 2 rings (SSSR count). The highest BCUT2D eigenvalue weighted by atomic mass is 35.5. The van der Waals surface area contributed by atoms with Crippen LogP contribution in [-0.2, 0) is 4.79 Å². The van der Waals surface area contributed by atoms with Gasteiger partial charge in [0.2, 0.25) is 0 Å². The van der Waals surface area contributed by atoms with Gasteiger partial charge in [-0.15, -0.1) is 0 Å². The average molecular weight is 283 g/mol. The van der Waals surface area contributed by atoms with Crippen molar-refractivity contribution in [1.29, 1.82) is 0 Å². The van der Waals surface area contributed by atoms with Gasteiger partial charge in [-0.1, -0.05) is 17.7 Å². The van der Waals surface area contributed by atoms with E-state index in [0.717, 1.165) is 36.9 Å². The summed E-state index contributed by atoms with van der Waals surface area (Å²) in [6.07, 6.45) is 0. The van der Waals surface area contributed by atoms with Gasteiger partial charge in [-0.2, -0.15) is 0 Å². The molecule has 0 spiro atoms. The molecule has 1 saturated heterocycles. The number of nitrogens with one attached hydrogen (secondary N) is 1. The zero-order valence-corrected chi connectivity index (χ0v) is 11.7. The quantitative estimate of drug-likeness (QED) is 0.490. The van der Waals surface area contributed by atoms with Crippen LogP contribution in [0.2, 0.25) is 5.02 Å². The lowest BCUT2D eigenvalue weighted by atomic mass is 10.2. The Morgan fingerprint density at radius 3 is 2.63 bits per heavy atom. The van der Waals surface area contributed by atoms with E-state index in [2.05, 4.69) is 21.3 Å². The highest BCUT2D eigenvalue weighted by Gasteiger charge is 2.25. The minimum Gasteiger partial charge on any atom is -0.369 e. The van der Waals surface area contributed by atoms with E-state index in [1.54, 1.807) is 0 Å². The van der Waals surface area contributed by atoms with E-state index < -0.39 is 0 Å². The molecule has 104 valence electrons. The maximum absolute atomic E-state index is 11.5. The van der Waals surface area contributed by atoms with Gasteiger partial charge < -0.3 is 4.90 Å². The van der Waals surface area contributed by atoms with Crippen molar-refractivity contribution in [2.75, 3.05) is 31.1 Å². The van der Waals surface area contributed by atoms with Crippen LogP contribution < -0.4 is 16.2 Å². The summed E-state index contributed by atoms with van der Waals surface area (Å²) in [5.74, 6) is 5.02. The molecule has 0 aliphatic carbocycles. The smallest absolute Gasteiger partial charge is 0.250 e. The molecule has 1 aliphatic rings. The first-order valence-electron chi connectivity index (χ1n) is 6.37. The molecule has 1 atom stereocenters. The van der Waals surface area contributed by atoms with Crippen molar-refractivity contribution < 1.29 is 4.79 Å². The van der Waals surface area contributed by atoms with E-state index in [1.165, 1.54) is 0 Å². The number of carbonyl (C=O) groups is 1. The number of rotatable bonds is 3. The molecule has 3 N–H and O–H groups in total. The zero-order chi connectivity index (χ0) is 13.8. The van der Waals surface area contributed by atoms with E-state index in [1.807, 2.05) is 25.1 Å². The number of piperazine rings is 1. The van der Waals surface area contributed by atoms with Gasteiger partial charge in [0, 0.05) is 36.9 Å². The largest absolute Gasteiger partial charge is 0.369 e. The Labute approximate surface area is 118 Å². The number of hydrazine groups is 1. The predicted molar refractivity (Wildman–Crippen MR) is 77.0 cm³/mol. The molecule has 1 aliphatic heterocycles. The number of halogens is 1. The molecule has 0 bridgehead atoms. The molecule has 1 aromatic carbocycles. The molecule has 0 saturated carbocycles. The van der Waals surface area contributed by atoms with Crippen LogP contribution in [0, 0.1) is 0 Å². The molecule has 5 nitrogen and oxygen atoms in total. The summed E-state index contributed by atoms with van der Waals surface area (Å²) in [5, 5.41) is 0.746. The van der Waals surface area contributed by atoms with Crippen molar-refractivity contribution in [3.05, 3.63) is 29.3 Å². The first kappa shape index (κ1) is 14.1. The molecular formula is C13H19ClN4O. The van der Waals surface area contributed by atoms with Gasteiger partial charge in [-0.25, -0.2) is 5.84 Å².